The Morgan fingerprint density at radius 3 is 2.81 bits per heavy atom. The van der Waals surface area contributed by atoms with Crippen LogP contribution >= 0.6 is 9.24 Å². The summed E-state index contributed by atoms with van der Waals surface area (Å²) in [6.07, 6.45) is 2.50. The number of halogens is 2. The van der Waals surface area contributed by atoms with Gasteiger partial charge in [-0.1, -0.05) is 16.2 Å². The molecule has 1 heterocycles. The van der Waals surface area contributed by atoms with E-state index in [1.807, 2.05) is 21.0 Å². The van der Waals surface area contributed by atoms with E-state index in [-0.39, 0.29) is 11.3 Å². The number of benzene rings is 1. The minimum Gasteiger partial charge on any atom is -0.493 e. The molecule has 2 N–H and O–H groups in total. The molecule has 0 aliphatic carbocycles. The van der Waals surface area contributed by atoms with Crippen molar-refractivity contribution in [2.24, 2.45) is 0 Å². The summed E-state index contributed by atoms with van der Waals surface area (Å²) in [6, 6.07) is 4.87. The van der Waals surface area contributed by atoms with Gasteiger partial charge in [0.05, 0.1) is 24.1 Å². The van der Waals surface area contributed by atoms with Gasteiger partial charge in [-0.05, 0) is 38.7 Å². The standard InChI is InChI=1S/C18H27F2N4OP/c1-4-9-25-16-6-5-13(10-15(16)18(19,20)26)17-14(11-22-23-17)12-24(3)8-7-21-2/h5-6,10-11,21H,4,7-9,12,26H2,1-3H3,(H,22,23). The lowest BCUT2D eigenvalue weighted by molar-refractivity contribution is 0.0991. The fraction of sp³-hybridized carbons (Fsp3) is 0.500. The zero-order chi connectivity index (χ0) is 19.2. The molecule has 26 heavy (non-hydrogen) atoms. The van der Waals surface area contributed by atoms with Gasteiger partial charge in [-0.25, -0.2) is 0 Å². The molecule has 1 aromatic heterocycles. The number of aromatic nitrogens is 2. The fourth-order valence-corrected chi connectivity index (χ4v) is 2.86. The van der Waals surface area contributed by atoms with Gasteiger partial charge in [0.25, 0.3) is 5.66 Å². The Morgan fingerprint density at radius 2 is 2.15 bits per heavy atom. The van der Waals surface area contributed by atoms with Crippen LogP contribution < -0.4 is 10.1 Å². The van der Waals surface area contributed by atoms with E-state index >= 15 is 0 Å². The third-order valence-corrected chi connectivity index (χ3v) is 4.30. The number of hydrogen-bond acceptors (Lipinski definition) is 4. The molecule has 0 amide bonds. The lowest BCUT2D eigenvalue weighted by Gasteiger charge is -2.19. The molecule has 1 unspecified atom stereocenters. The normalized spacial score (nSPS) is 12.0. The largest absolute Gasteiger partial charge is 0.493 e. The molecule has 2 rings (SSSR count). The number of hydrogen-bond donors (Lipinski definition) is 2. The first-order chi connectivity index (χ1) is 12.4. The molecule has 1 atom stereocenters. The fourth-order valence-electron chi connectivity index (χ4n) is 2.64. The Morgan fingerprint density at radius 1 is 1.38 bits per heavy atom. The van der Waals surface area contributed by atoms with E-state index in [2.05, 4.69) is 20.4 Å². The van der Waals surface area contributed by atoms with Crippen LogP contribution in [-0.4, -0.2) is 48.9 Å². The Bertz CT molecular complexity index is 703. The molecule has 2 aromatic rings. The van der Waals surface area contributed by atoms with Crippen molar-refractivity contribution in [3.8, 4) is 17.0 Å². The molecule has 0 aliphatic rings. The first-order valence-corrected chi connectivity index (χ1v) is 9.24. The molecule has 5 nitrogen and oxygen atoms in total. The molecule has 0 radical (unpaired) electrons. The Kier molecular flexibility index (Phi) is 7.50. The predicted molar refractivity (Wildman–Crippen MR) is 104 cm³/mol. The van der Waals surface area contributed by atoms with E-state index in [4.69, 9.17) is 4.74 Å². The lowest BCUT2D eigenvalue weighted by Crippen LogP contribution is -2.27. The third-order valence-electron chi connectivity index (χ3n) is 3.99. The molecule has 0 saturated carbocycles. The molecular weight excluding hydrogens is 357 g/mol. The quantitative estimate of drug-likeness (QED) is 0.616. The Balaban J connectivity index is 2.30. The summed E-state index contributed by atoms with van der Waals surface area (Å²) in [4.78, 5) is 2.15. The molecular formula is C18H27F2N4OP. The van der Waals surface area contributed by atoms with Crippen LogP contribution in [0.1, 0.15) is 24.5 Å². The highest BCUT2D eigenvalue weighted by atomic mass is 31.0. The number of aromatic amines is 1. The van der Waals surface area contributed by atoms with Crippen LogP contribution in [0.4, 0.5) is 8.78 Å². The molecule has 0 bridgehead atoms. The van der Waals surface area contributed by atoms with E-state index in [0.29, 0.717) is 18.7 Å². The SMILES string of the molecule is CCCOc1ccc(-c2[nH]ncc2CN(C)CCNC)cc1C(F)(F)P. The number of rotatable bonds is 10. The van der Waals surface area contributed by atoms with Crippen molar-refractivity contribution in [3.63, 3.8) is 0 Å². The minimum absolute atomic E-state index is 0.141. The summed E-state index contributed by atoms with van der Waals surface area (Å²) in [5.74, 6) is 0.211. The second-order valence-electron chi connectivity index (χ2n) is 6.29. The molecule has 0 saturated heterocycles. The zero-order valence-corrected chi connectivity index (χ0v) is 16.6. The van der Waals surface area contributed by atoms with E-state index in [9.17, 15) is 8.78 Å². The van der Waals surface area contributed by atoms with Gasteiger partial charge in [0.15, 0.2) is 0 Å². The molecule has 1 aromatic carbocycles. The van der Waals surface area contributed by atoms with Gasteiger partial charge in [-0.3, -0.25) is 5.10 Å². The maximum absolute atomic E-state index is 14.1. The summed E-state index contributed by atoms with van der Waals surface area (Å²) < 4.78 is 33.6. The second-order valence-corrected chi connectivity index (χ2v) is 7.02. The molecule has 8 heteroatoms. The van der Waals surface area contributed by atoms with Crippen molar-refractivity contribution in [1.29, 1.82) is 0 Å². The molecule has 0 fully saturated rings. The van der Waals surface area contributed by atoms with E-state index in [1.165, 1.54) is 6.07 Å². The smallest absolute Gasteiger partial charge is 0.287 e. The van der Waals surface area contributed by atoms with Gasteiger partial charge in [-0.15, -0.1) is 0 Å². The minimum atomic E-state index is -3.07. The third kappa shape index (κ3) is 5.47. The number of alkyl halides is 2. The average molecular weight is 384 g/mol. The summed E-state index contributed by atoms with van der Waals surface area (Å²) >= 11 is 0. The summed E-state index contributed by atoms with van der Waals surface area (Å²) in [7, 11) is 5.51. The van der Waals surface area contributed by atoms with Gasteiger partial charge in [0.2, 0.25) is 0 Å². The first-order valence-electron chi connectivity index (χ1n) is 8.66. The highest BCUT2D eigenvalue weighted by Crippen LogP contribution is 2.42. The van der Waals surface area contributed by atoms with Gasteiger partial charge in [0, 0.05) is 30.8 Å². The van der Waals surface area contributed by atoms with Crippen LogP contribution in [0.15, 0.2) is 24.4 Å². The van der Waals surface area contributed by atoms with Crippen LogP contribution in [0.3, 0.4) is 0 Å². The monoisotopic (exact) mass is 384 g/mol. The number of H-pyrrole nitrogens is 1. The first kappa shape index (κ1) is 20.7. The highest BCUT2D eigenvalue weighted by Gasteiger charge is 2.29. The maximum Gasteiger partial charge on any atom is 0.287 e. The van der Waals surface area contributed by atoms with Crippen LogP contribution in [0.5, 0.6) is 5.75 Å². The van der Waals surface area contributed by atoms with Gasteiger partial charge >= 0.3 is 0 Å². The van der Waals surface area contributed by atoms with Crippen molar-refractivity contribution in [2.45, 2.75) is 25.6 Å². The predicted octanol–water partition coefficient (Wildman–Crippen LogP) is 3.44. The topological polar surface area (TPSA) is 53.2 Å². The van der Waals surface area contributed by atoms with Crippen LogP contribution in [0, 0.1) is 0 Å². The van der Waals surface area contributed by atoms with Gasteiger partial charge in [0.1, 0.15) is 5.75 Å². The summed E-state index contributed by atoms with van der Waals surface area (Å²) in [6.45, 7) is 4.76. The Hall–Kier alpha value is -1.56. The second kappa shape index (κ2) is 9.40. The molecule has 144 valence electrons. The molecule has 0 spiro atoms. The van der Waals surface area contributed by atoms with Crippen molar-refractivity contribution in [1.82, 2.24) is 20.4 Å². The summed E-state index contributed by atoms with van der Waals surface area (Å²) in [5, 5.41) is 10.2. The van der Waals surface area contributed by atoms with Crippen molar-refractivity contribution >= 4 is 9.24 Å². The van der Waals surface area contributed by atoms with E-state index < -0.39 is 5.66 Å². The van der Waals surface area contributed by atoms with Gasteiger partial charge in [-0.2, -0.15) is 13.9 Å². The maximum atomic E-state index is 14.1. The van der Waals surface area contributed by atoms with Crippen LogP contribution in [0.2, 0.25) is 0 Å². The number of nitrogens with one attached hydrogen (secondary N) is 2. The van der Waals surface area contributed by atoms with Crippen LogP contribution in [-0.2, 0) is 12.2 Å². The van der Waals surface area contributed by atoms with Crippen molar-refractivity contribution in [3.05, 3.63) is 35.5 Å². The van der Waals surface area contributed by atoms with E-state index in [0.717, 1.165) is 30.8 Å². The summed E-state index contributed by atoms with van der Waals surface area (Å²) in [5.41, 5.74) is -0.830. The number of nitrogens with zero attached hydrogens (tertiary/aromatic N) is 2. The van der Waals surface area contributed by atoms with E-state index in [1.54, 1.807) is 27.6 Å². The lowest BCUT2D eigenvalue weighted by atomic mass is 10.0. The van der Waals surface area contributed by atoms with Crippen molar-refractivity contribution in [2.75, 3.05) is 33.8 Å². The number of likely N-dealkylation sites (N-methyl/N-ethyl adjacent to an activating group) is 2. The highest BCUT2D eigenvalue weighted by molar-refractivity contribution is 7.17. The number of ether oxygens (including phenoxy) is 1. The van der Waals surface area contributed by atoms with Crippen LogP contribution in [0.25, 0.3) is 11.3 Å². The average Bonchev–Trinajstić information content (AvgIpc) is 3.05. The van der Waals surface area contributed by atoms with Gasteiger partial charge < -0.3 is 15.0 Å². The Labute approximate surface area is 155 Å². The zero-order valence-electron chi connectivity index (χ0n) is 15.5. The van der Waals surface area contributed by atoms with Crippen molar-refractivity contribution < 1.29 is 13.5 Å². The molecule has 0 aliphatic heterocycles.